The number of hydrogen-bond donors (Lipinski definition) is 1. The Kier molecular flexibility index (Phi) is 3.83. The largest absolute Gasteiger partial charge is 0.391 e. The van der Waals surface area contributed by atoms with Crippen LogP contribution in [0.1, 0.15) is 6.23 Å². The average Bonchev–Trinajstić information content (AvgIpc) is 3.26. The van der Waals surface area contributed by atoms with Crippen LogP contribution >= 0.6 is 0 Å². The maximum atomic E-state index is 14.4. The Morgan fingerprint density at radius 1 is 1.24 bits per heavy atom. The van der Waals surface area contributed by atoms with Gasteiger partial charge in [0.15, 0.2) is 24.0 Å². The number of aromatic nitrogens is 3. The van der Waals surface area contributed by atoms with Gasteiger partial charge in [0.05, 0.1) is 25.1 Å². The van der Waals surface area contributed by atoms with Crippen LogP contribution in [0.25, 0.3) is 16.9 Å². The van der Waals surface area contributed by atoms with Crippen LogP contribution in [0.2, 0.25) is 0 Å². The van der Waals surface area contributed by atoms with E-state index in [-0.39, 0.29) is 18.9 Å². The molecular formula is C16H13F2N3O4. The Balaban J connectivity index is 1.80. The zero-order valence-corrected chi connectivity index (χ0v) is 12.8. The predicted octanol–water partition coefficient (Wildman–Crippen LogP) is 1.30. The number of halogens is 2. The summed E-state index contributed by atoms with van der Waals surface area (Å²) >= 11 is 0. The minimum absolute atomic E-state index is 0.00952. The lowest BCUT2D eigenvalue weighted by atomic mass is 10.2. The molecule has 0 amide bonds. The van der Waals surface area contributed by atoms with Gasteiger partial charge < -0.3 is 14.6 Å². The highest BCUT2D eigenvalue weighted by atomic mass is 19.1. The van der Waals surface area contributed by atoms with Crippen LogP contribution in [0.3, 0.4) is 0 Å². The summed E-state index contributed by atoms with van der Waals surface area (Å²) in [6.07, 6.45) is 0.671. The lowest BCUT2D eigenvalue weighted by molar-refractivity contribution is -0.0994. The third-order valence-electron chi connectivity index (χ3n) is 3.93. The predicted molar refractivity (Wildman–Crippen MR) is 81.8 cm³/mol. The SMILES string of the molecule is O=c1n([C@@H]2CO[C@@H](CO)O2)cc(F)c2nc(-c3ccc(F)cc3)cn12. The molecule has 0 bridgehead atoms. The normalized spacial score (nSPS) is 20.4. The molecule has 4 rings (SSSR count). The van der Waals surface area contributed by atoms with E-state index < -0.39 is 29.8 Å². The molecule has 25 heavy (non-hydrogen) atoms. The second kappa shape index (κ2) is 6.03. The second-order valence-corrected chi connectivity index (χ2v) is 5.53. The standard InChI is InChI=1S/C16H13F2N3O4/c17-10-3-1-9(2-4-10)12-6-21-15(19-12)11(18)5-20(16(21)23)13-8-24-14(7-22)25-13/h1-6,13-14,22H,7-8H2/t13-,14+/m0/s1. The second-order valence-electron chi connectivity index (χ2n) is 5.53. The van der Waals surface area contributed by atoms with Crippen LogP contribution in [-0.4, -0.2) is 38.6 Å². The summed E-state index contributed by atoms with van der Waals surface area (Å²) < 4.78 is 40.0. The first kappa shape index (κ1) is 15.9. The molecular weight excluding hydrogens is 336 g/mol. The van der Waals surface area contributed by atoms with Crippen molar-refractivity contribution in [2.45, 2.75) is 12.5 Å². The molecule has 3 heterocycles. The molecule has 3 aromatic rings. The van der Waals surface area contributed by atoms with Gasteiger partial charge in [0.1, 0.15) is 5.82 Å². The third kappa shape index (κ3) is 2.72. The van der Waals surface area contributed by atoms with Gasteiger partial charge in [-0.3, -0.25) is 4.57 Å². The van der Waals surface area contributed by atoms with E-state index in [0.717, 1.165) is 15.2 Å². The smallest absolute Gasteiger partial charge is 0.336 e. The zero-order valence-electron chi connectivity index (χ0n) is 12.8. The average molecular weight is 349 g/mol. The number of hydrogen-bond acceptors (Lipinski definition) is 5. The molecule has 0 spiro atoms. The van der Waals surface area contributed by atoms with Crippen molar-refractivity contribution in [2.24, 2.45) is 0 Å². The van der Waals surface area contributed by atoms with Gasteiger partial charge >= 0.3 is 5.69 Å². The van der Waals surface area contributed by atoms with E-state index in [4.69, 9.17) is 14.6 Å². The van der Waals surface area contributed by atoms with Crippen molar-refractivity contribution < 1.29 is 23.4 Å². The van der Waals surface area contributed by atoms with Gasteiger partial charge in [-0.25, -0.2) is 23.0 Å². The number of ether oxygens (including phenoxy) is 2. The maximum absolute atomic E-state index is 14.4. The Bertz CT molecular complexity index is 983. The van der Waals surface area contributed by atoms with E-state index in [1.807, 2.05) is 0 Å². The summed E-state index contributed by atoms with van der Waals surface area (Å²) in [4.78, 5) is 16.7. The van der Waals surface area contributed by atoms with Gasteiger partial charge in [-0.05, 0) is 24.3 Å². The number of imidazole rings is 1. The number of fused-ring (bicyclic) bond motifs is 1. The van der Waals surface area contributed by atoms with Crippen molar-refractivity contribution in [3.63, 3.8) is 0 Å². The molecule has 1 fully saturated rings. The number of rotatable bonds is 3. The Morgan fingerprint density at radius 2 is 2.00 bits per heavy atom. The summed E-state index contributed by atoms with van der Waals surface area (Å²) in [6, 6.07) is 5.50. The molecule has 1 saturated heterocycles. The van der Waals surface area contributed by atoms with Crippen molar-refractivity contribution in [1.82, 2.24) is 14.0 Å². The van der Waals surface area contributed by atoms with Gasteiger partial charge in [-0.2, -0.15) is 0 Å². The summed E-state index contributed by atoms with van der Waals surface area (Å²) in [7, 11) is 0. The van der Waals surface area contributed by atoms with Crippen molar-refractivity contribution >= 4 is 5.65 Å². The van der Waals surface area contributed by atoms with Crippen LogP contribution < -0.4 is 5.69 Å². The minimum Gasteiger partial charge on any atom is -0.391 e. The van der Waals surface area contributed by atoms with Crippen LogP contribution in [0.15, 0.2) is 41.5 Å². The first-order valence-electron chi connectivity index (χ1n) is 7.50. The first-order chi connectivity index (χ1) is 12.1. The van der Waals surface area contributed by atoms with E-state index in [0.29, 0.717) is 11.3 Å². The van der Waals surface area contributed by atoms with E-state index in [1.54, 1.807) is 0 Å². The Morgan fingerprint density at radius 3 is 2.68 bits per heavy atom. The minimum atomic E-state index is -0.853. The number of nitrogens with zero attached hydrogens (tertiary/aromatic N) is 3. The molecule has 0 unspecified atom stereocenters. The molecule has 130 valence electrons. The molecule has 2 aromatic heterocycles. The third-order valence-corrected chi connectivity index (χ3v) is 3.93. The van der Waals surface area contributed by atoms with Crippen molar-refractivity contribution in [2.75, 3.05) is 13.2 Å². The molecule has 2 atom stereocenters. The lowest BCUT2D eigenvalue weighted by Gasteiger charge is -2.13. The molecule has 0 radical (unpaired) electrons. The fourth-order valence-electron chi connectivity index (χ4n) is 2.71. The van der Waals surface area contributed by atoms with E-state index >= 15 is 0 Å². The van der Waals surface area contributed by atoms with Gasteiger partial charge in [0.2, 0.25) is 0 Å². The topological polar surface area (TPSA) is 78.0 Å². The summed E-state index contributed by atoms with van der Waals surface area (Å²) in [6.45, 7) is -0.356. The summed E-state index contributed by atoms with van der Waals surface area (Å²) in [5.74, 6) is -1.12. The summed E-state index contributed by atoms with van der Waals surface area (Å²) in [5, 5.41) is 9.02. The summed E-state index contributed by atoms with van der Waals surface area (Å²) in [5.41, 5.74) is 0.185. The van der Waals surface area contributed by atoms with Crippen LogP contribution in [-0.2, 0) is 9.47 Å². The highest BCUT2D eigenvalue weighted by Gasteiger charge is 2.28. The molecule has 0 aliphatic carbocycles. The number of aliphatic hydroxyl groups is 1. The van der Waals surface area contributed by atoms with E-state index in [1.165, 1.54) is 30.5 Å². The van der Waals surface area contributed by atoms with Gasteiger partial charge in [0, 0.05) is 11.8 Å². The molecule has 1 aromatic carbocycles. The molecule has 9 heteroatoms. The Labute approximate surface area is 139 Å². The fraction of sp³-hybridized carbons (Fsp3) is 0.250. The van der Waals surface area contributed by atoms with Crippen LogP contribution in [0.5, 0.6) is 0 Å². The van der Waals surface area contributed by atoms with Crippen molar-refractivity contribution in [1.29, 1.82) is 0 Å². The number of aliphatic hydroxyl groups excluding tert-OH is 1. The highest BCUT2D eigenvalue weighted by molar-refractivity contribution is 5.62. The van der Waals surface area contributed by atoms with E-state index in [2.05, 4.69) is 4.98 Å². The number of benzene rings is 1. The molecule has 1 aliphatic rings. The van der Waals surface area contributed by atoms with Crippen molar-refractivity contribution in [3.8, 4) is 11.3 Å². The molecule has 7 nitrogen and oxygen atoms in total. The highest BCUT2D eigenvalue weighted by Crippen LogP contribution is 2.22. The molecule has 1 aliphatic heterocycles. The Hall–Kier alpha value is -2.62. The van der Waals surface area contributed by atoms with Gasteiger partial charge in [0.25, 0.3) is 0 Å². The van der Waals surface area contributed by atoms with Gasteiger partial charge in [-0.1, -0.05) is 0 Å². The van der Waals surface area contributed by atoms with Crippen LogP contribution in [0, 0.1) is 11.6 Å². The monoisotopic (exact) mass is 349 g/mol. The first-order valence-corrected chi connectivity index (χ1v) is 7.50. The van der Waals surface area contributed by atoms with Crippen LogP contribution in [0.4, 0.5) is 8.78 Å². The quantitative estimate of drug-likeness (QED) is 0.771. The maximum Gasteiger partial charge on any atom is 0.336 e. The fourth-order valence-corrected chi connectivity index (χ4v) is 2.71. The molecule has 1 N–H and O–H groups in total. The van der Waals surface area contributed by atoms with Gasteiger partial charge in [-0.15, -0.1) is 0 Å². The zero-order chi connectivity index (χ0) is 17.6. The lowest BCUT2D eigenvalue weighted by Crippen LogP contribution is -2.31. The van der Waals surface area contributed by atoms with Crippen molar-refractivity contribution in [3.05, 3.63) is 58.8 Å². The molecule has 0 saturated carbocycles. The van der Waals surface area contributed by atoms with E-state index in [9.17, 15) is 13.6 Å².